The average molecular weight is 771 g/mol. The van der Waals surface area contributed by atoms with Crippen molar-refractivity contribution in [2.24, 2.45) is 23.7 Å². The Labute approximate surface area is 352 Å². The minimum absolute atomic E-state index is 0.00285. The van der Waals surface area contributed by atoms with E-state index in [4.69, 9.17) is 0 Å². The molecule has 1 aromatic heterocycles. The molecular weight excluding hydrogens is 725 g/mol. The van der Waals surface area contributed by atoms with Gasteiger partial charge in [0.1, 0.15) is 0 Å². The SMILES string of the molecule is c1ccc(-c2ccc(N(c3ccc(-c4ccccc4)cc3)c3ccc4c(c3)C3(c5cc(-n6c7ccccc7c7ccccc76)ccc5-4)C4CC5CC(C4)CC3C5)cc2)cc1. The van der Waals surface area contributed by atoms with Crippen molar-refractivity contribution in [2.45, 2.75) is 37.5 Å². The number of benzene rings is 8. The molecule has 5 aliphatic rings. The summed E-state index contributed by atoms with van der Waals surface area (Å²) in [7, 11) is 0. The van der Waals surface area contributed by atoms with Crippen molar-refractivity contribution in [2.75, 3.05) is 4.90 Å². The van der Waals surface area contributed by atoms with Gasteiger partial charge in [-0.15, -0.1) is 0 Å². The molecule has 1 heterocycles. The highest BCUT2D eigenvalue weighted by Gasteiger charge is 2.61. The van der Waals surface area contributed by atoms with Crippen LogP contribution in [0.1, 0.15) is 43.2 Å². The van der Waals surface area contributed by atoms with Crippen LogP contribution in [0.4, 0.5) is 17.1 Å². The molecule has 14 rings (SSSR count). The van der Waals surface area contributed by atoms with Crippen LogP contribution in [0.5, 0.6) is 0 Å². The van der Waals surface area contributed by atoms with Crippen LogP contribution in [-0.4, -0.2) is 4.57 Å². The summed E-state index contributed by atoms with van der Waals surface area (Å²) in [5.41, 5.74) is 18.4. The van der Waals surface area contributed by atoms with Crippen LogP contribution in [0, 0.1) is 23.7 Å². The highest BCUT2D eigenvalue weighted by Crippen LogP contribution is 2.70. The summed E-state index contributed by atoms with van der Waals surface area (Å²) >= 11 is 0. The topological polar surface area (TPSA) is 8.17 Å². The second kappa shape index (κ2) is 13.2. The van der Waals surface area contributed by atoms with Crippen LogP contribution in [0.15, 0.2) is 194 Å². The van der Waals surface area contributed by atoms with Gasteiger partial charge in [-0.3, -0.25) is 0 Å². The molecule has 4 saturated carbocycles. The Balaban J connectivity index is 0.994. The molecule has 0 saturated heterocycles. The summed E-state index contributed by atoms with van der Waals surface area (Å²) in [6, 6.07) is 72.8. The Hall–Kier alpha value is -6.64. The van der Waals surface area contributed by atoms with Gasteiger partial charge in [-0.1, -0.05) is 133 Å². The fourth-order valence-electron chi connectivity index (χ4n) is 13.0. The zero-order valence-corrected chi connectivity index (χ0v) is 33.7. The summed E-state index contributed by atoms with van der Waals surface area (Å²) in [6.45, 7) is 0. The number of para-hydroxylation sites is 2. The highest BCUT2D eigenvalue weighted by atomic mass is 15.1. The van der Waals surface area contributed by atoms with E-state index in [2.05, 4.69) is 204 Å². The molecule has 5 aliphatic carbocycles. The van der Waals surface area contributed by atoms with Gasteiger partial charge in [0.05, 0.1) is 11.0 Å². The third-order valence-electron chi connectivity index (χ3n) is 15.2. The van der Waals surface area contributed by atoms with Gasteiger partial charge in [-0.25, -0.2) is 0 Å². The lowest BCUT2D eigenvalue weighted by Gasteiger charge is -2.61. The Morgan fingerprint density at radius 2 is 0.817 bits per heavy atom. The third-order valence-corrected chi connectivity index (χ3v) is 15.2. The largest absolute Gasteiger partial charge is 0.310 e. The standard InChI is InChI=1S/C58H46N2/c1-3-11-40(12-4-1)42-19-23-46(24-20-42)59(47-25-21-43(22-26-47)41-13-5-2-6-14-41)48-27-29-50-51-30-28-49(60-56-17-9-7-15-52(56)53-16-8-10-18-57(53)60)37-55(51)58(54(50)36-48)44-32-38-31-39(34-44)35-45(58)33-38/h1-30,36-39,44-45H,31-35H2. The van der Waals surface area contributed by atoms with Crippen LogP contribution in [0.3, 0.4) is 0 Å². The highest BCUT2D eigenvalue weighted by molar-refractivity contribution is 6.09. The van der Waals surface area contributed by atoms with E-state index < -0.39 is 0 Å². The van der Waals surface area contributed by atoms with Gasteiger partial charge >= 0.3 is 0 Å². The van der Waals surface area contributed by atoms with Gasteiger partial charge in [0.2, 0.25) is 0 Å². The molecular formula is C58H46N2. The number of rotatable bonds is 6. The van der Waals surface area contributed by atoms with Crippen LogP contribution < -0.4 is 4.90 Å². The smallest absolute Gasteiger partial charge is 0.0541 e. The average Bonchev–Trinajstić information content (AvgIpc) is 3.79. The van der Waals surface area contributed by atoms with Crippen LogP contribution in [0.2, 0.25) is 0 Å². The first-order chi connectivity index (χ1) is 29.7. The summed E-state index contributed by atoms with van der Waals surface area (Å²) < 4.78 is 2.53. The maximum Gasteiger partial charge on any atom is 0.0541 e. The van der Waals surface area contributed by atoms with E-state index in [0.29, 0.717) is 11.8 Å². The maximum absolute atomic E-state index is 2.64. The molecule has 4 bridgehead atoms. The molecule has 8 aromatic carbocycles. The quantitative estimate of drug-likeness (QED) is 0.163. The molecule has 0 aliphatic heterocycles. The van der Waals surface area contributed by atoms with Crippen molar-refractivity contribution >= 4 is 38.9 Å². The van der Waals surface area contributed by atoms with E-state index in [1.54, 1.807) is 11.1 Å². The maximum atomic E-state index is 2.64. The van der Waals surface area contributed by atoms with Gasteiger partial charge < -0.3 is 9.47 Å². The van der Waals surface area contributed by atoms with E-state index in [9.17, 15) is 0 Å². The number of hydrogen-bond donors (Lipinski definition) is 0. The molecule has 0 N–H and O–H groups in total. The second-order valence-corrected chi connectivity index (χ2v) is 18.2. The lowest BCUT2D eigenvalue weighted by Crippen LogP contribution is -2.55. The predicted octanol–water partition coefficient (Wildman–Crippen LogP) is 15.3. The monoisotopic (exact) mass is 770 g/mol. The fraction of sp³-hybridized carbons (Fsp3) is 0.172. The van der Waals surface area contributed by atoms with Gasteiger partial charge in [0, 0.05) is 38.9 Å². The van der Waals surface area contributed by atoms with Gasteiger partial charge in [-0.2, -0.15) is 0 Å². The van der Waals surface area contributed by atoms with E-state index in [1.165, 1.54) is 110 Å². The lowest BCUT2D eigenvalue weighted by atomic mass is 9.43. The minimum atomic E-state index is 0.00285. The van der Waals surface area contributed by atoms with Crippen molar-refractivity contribution in [1.29, 1.82) is 0 Å². The molecule has 0 amide bonds. The fourth-order valence-corrected chi connectivity index (χ4v) is 13.0. The van der Waals surface area contributed by atoms with Crippen molar-refractivity contribution in [3.63, 3.8) is 0 Å². The number of anilines is 3. The van der Waals surface area contributed by atoms with Crippen molar-refractivity contribution < 1.29 is 0 Å². The predicted molar refractivity (Wildman–Crippen MR) is 250 cm³/mol. The molecule has 288 valence electrons. The van der Waals surface area contributed by atoms with Gasteiger partial charge in [0.25, 0.3) is 0 Å². The first kappa shape index (κ1) is 34.2. The van der Waals surface area contributed by atoms with E-state index >= 15 is 0 Å². The normalized spacial score (nSPS) is 22.1. The van der Waals surface area contributed by atoms with Crippen molar-refractivity contribution in [3.8, 4) is 39.1 Å². The summed E-state index contributed by atoms with van der Waals surface area (Å²) in [5, 5.41) is 2.64. The van der Waals surface area contributed by atoms with Crippen LogP contribution in [0.25, 0.3) is 60.9 Å². The van der Waals surface area contributed by atoms with Crippen LogP contribution in [-0.2, 0) is 5.41 Å². The van der Waals surface area contributed by atoms with Crippen LogP contribution >= 0.6 is 0 Å². The van der Waals surface area contributed by atoms with Gasteiger partial charge in [-0.05, 0) is 161 Å². The molecule has 2 heteroatoms. The van der Waals surface area contributed by atoms with Crippen molar-refractivity contribution in [3.05, 3.63) is 205 Å². The van der Waals surface area contributed by atoms with Crippen molar-refractivity contribution in [1.82, 2.24) is 4.57 Å². The van der Waals surface area contributed by atoms with E-state index in [0.717, 1.165) is 11.8 Å². The lowest BCUT2D eigenvalue weighted by molar-refractivity contribution is -0.0399. The first-order valence-corrected chi connectivity index (χ1v) is 22.1. The van der Waals surface area contributed by atoms with Gasteiger partial charge in [0.15, 0.2) is 0 Å². The Morgan fingerprint density at radius 3 is 1.35 bits per heavy atom. The van der Waals surface area contributed by atoms with E-state index in [1.807, 2.05) is 0 Å². The number of hydrogen-bond acceptors (Lipinski definition) is 1. The minimum Gasteiger partial charge on any atom is -0.310 e. The molecule has 4 fully saturated rings. The summed E-state index contributed by atoms with van der Waals surface area (Å²) in [4.78, 5) is 2.50. The zero-order valence-electron chi connectivity index (χ0n) is 33.7. The number of nitrogens with zero attached hydrogens (tertiary/aromatic N) is 2. The van der Waals surface area contributed by atoms with E-state index in [-0.39, 0.29) is 5.41 Å². The Morgan fingerprint density at radius 1 is 0.383 bits per heavy atom. The molecule has 0 unspecified atom stereocenters. The second-order valence-electron chi connectivity index (χ2n) is 18.2. The molecule has 60 heavy (non-hydrogen) atoms. The Bertz CT molecular complexity index is 2920. The third kappa shape index (κ3) is 5.00. The zero-order chi connectivity index (χ0) is 39.4. The Kier molecular flexibility index (Phi) is 7.52. The first-order valence-electron chi connectivity index (χ1n) is 22.1. The molecule has 0 radical (unpaired) electrons. The summed E-state index contributed by atoms with van der Waals surface area (Å²) in [5.74, 6) is 3.05. The molecule has 1 spiro atoms. The summed E-state index contributed by atoms with van der Waals surface area (Å²) in [6.07, 6.45) is 6.83. The molecule has 2 nitrogen and oxygen atoms in total. The number of aromatic nitrogens is 1. The number of fused-ring (bicyclic) bond motifs is 6. The molecule has 9 aromatic rings. The molecule has 0 atom stereocenters.